The largest absolute Gasteiger partial charge is 0.674 e. The second-order valence-corrected chi connectivity index (χ2v) is 6.96. The molecule has 3 aromatic rings. The minimum atomic E-state index is -0.756. The first-order valence-electron chi connectivity index (χ1n) is 8.14. The molecule has 0 spiro atoms. The van der Waals surface area contributed by atoms with E-state index in [-0.39, 0.29) is 68.4 Å². The van der Waals surface area contributed by atoms with E-state index >= 15 is 0 Å². The van der Waals surface area contributed by atoms with E-state index in [1.54, 1.807) is 0 Å². The number of benzene rings is 2. The Bertz CT molecular complexity index is 1010. The average Bonchev–Trinajstić information content (AvgIpc) is 3.23. The molecule has 7 nitrogen and oxygen atoms in total. The third-order valence-electron chi connectivity index (χ3n) is 4.13. The van der Waals surface area contributed by atoms with E-state index in [1.165, 1.54) is 28.4 Å². The van der Waals surface area contributed by atoms with Gasteiger partial charge in [-0.3, -0.25) is 15.0 Å². The zero-order valence-electron chi connectivity index (χ0n) is 14.5. The quantitative estimate of drug-likeness (QED) is 0.481. The molecule has 1 aromatic heterocycles. The van der Waals surface area contributed by atoms with E-state index in [0.717, 1.165) is 16.3 Å². The number of nitrogens with zero attached hydrogens (tertiary/aromatic N) is 2. The van der Waals surface area contributed by atoms with Gasteiger partial charge < -0.3 is 10.5 Å². The van der Waals surface area contributed by atoms with Crippen molar-refractivity contribution in [3.8, 4) is 0 Å². The first-order chi connectivity index (χ1) is 13.0. The van der Waals surface area contributed by atoms with Gasteiger partial charge >= 0.3 is 6.09 Å². The number of amides is 2. The van der Waals surface area contributed by atoms with Gasteiger partial charge in [0.05, 0.1) is 28.0 Å². The summed E-state index contributed by atoms with van der Waals surface area (Å²) in [5, 5.41) is 2.98. The number of carbonyl (C=O) groups is 2. The second kappa shape index (κ2) is 8.82. The third kappa shape index (κ3) is 4.20. The van der Waals surface area contributed by atoms with Gasteiger partial charge in [-0.2, -0.15) is 0 Å². The molecule has 1 aliphatic rings. The molecular weight excluding hydrogens is 598 g/mol. The van der Waals surface area contributed by atoms with Crippen molar-refractivity contribution in [2.75, 3.05) is 23.3 Å². The van der Waals surface area contributed by atoms with Crippen LogP contribution in [-0.2, 0) is 4.74 Å². The van der Waals surface area contributed by atoms with Gasteiger partial charge in [0, 0.05) is 44.1 Å². The number of para-hydroxylation sites is 1. The van der Waals surface area contributed by atoms with Crippen molar-refractivity contribution in [2.45, 2.75) is 6.10 Å². The first kappa shape index (κ1) is 21.1. The molecule has 2 aromatic carbocycles. The van der Waals surface area contributed by atoms with E-state index in [4.69, 9.17) is 10.5 Å². The van der Waals surface area contributed by atoms with Gasteiger partial charge in [0.2, 0.25) is 0 Å². The van der Waals surface area contributed by atoms with E-state index in [9.17, 15) is 14.0 Å². The maximum Gasteiger partial charge on any atom is 0.414 e. The van der Waals surface area contributed by atoms with E-state index in [0.29, 0.717) is 5.13 Å². The van der Waals surface area contributed by atoms with E-state index < -0.39 is 23.9 Å². The first-order valence-corrected chi connectivity index (χ1v) is 8.96. The van der Waals surface area contributed by atoms with Crippen LogP contribution in [-0.4, -0.2) is 36.2 Å². The Morgan fingerprint density at radius 2 is 2.14 bits per heavy atom. The fourth-order valence-corrected chi connectivity index (χ4v) is 3.65. The zero-order chi connectivity index (χ0) is 19.0. The Hall–Kier alpha value is -1.60. The standard InChI is InChI=1S/C18H14FN4O3S.Ac/c19-13-7-10(23-9-11(8-20)26-18(23)25)5-6-12(13)16(24)22-17-21-14-3-1-2-4-15(14)27-17;/h1-7,11,20H,8-9H2,(H,21,22,24);/q-1;/t11-;/m0./s1. The molecule has 1 atom stereocenters. The van der Waals surface area contributed by atoms with Crippen molar-refractivity contribution in [3.63, 3.8) is 0 Å². The average molecular weight is 612 g/mol. The number of hydrogen-bond donors (Lipinski definition) is 1. The summed E-state index contributed by atoms with van der Waals surface area (Å²) in [6.45, 7) is 0.117. The van der Waals surface area contributed by atoms with E-state index in [1.807, 2.05) is 24.3 Å². The van der Waals surface area contributed by atoms with Crippen LogP contribution < -0.4 is 10.2 Å². The molecule has 1 aliphatic heterocycles. The van der Waals surface area contributed by atoms with E-state index in [2.05, 4.69) is 10.3 Å². The predicted molar refractivity (Wildman–Crippen MR) is 101 cm³/mol. The number of aromatic nitrogens is 1. The fraction of sp³-hybridized carbons (Fsp3) is 0.167. The number of thiazole rings is 1. The van der Waals surface area contributed by atoms with Crippen LogP contribution in [0.25, 0.3) is 16.0 Å². The minimum Gasteiger partial charge on any atom is -0.674 e. The van der Waals surface area contributed by atoms with Crippen molar-refractivity contribution in [1.29, 1.82) is 0 Å². The van der Waals surface area contributed by atoms with Crippen molar-refractivity contribution in [3.05, 3.63) is 59.6 Å². The number of nitrogens with one attached hydrogen (secondary N) is 2. The summed E-state index contributed by atoms with van der Waals surface area (Å²) >= 11 is 1.30. The van der Waals surface area contributed by atoms with Gasteiger partial charge in [-0.05, 0) is 30.3 Å². The molecule has 1 fully saturated rings. The number of halogens is 1. The number of cyclic esters (lactones) is 1. The molecule has 1 radical (unpaired) electrons. The number of hydrogen-bond acceptors (Lipinski definition) is 5. The molecule has 10 heteroatoms. The van der Waals surface area contributed by atoms with Crippen LogP contribution in [0.3, 0.4) is 0 Å². The van der Waals surface area contributed by atoms with Gasteiger partial charge in [-0.1, -0.05) is 23.5 Å². The Kier molecular flexibility index (Phi) is 6.66. The number of anilines is 2. The van der Waals surface area contributed by atoms with Gasteiger partial charge in [-0.25, -0.2) is 14.2 Å². The molecule has 2 N–H and O–H groups in total. The van der Waals surface area contributed by atoms with Crippen LogP contribution in [0.5, 0.6) is 0 Å². The maximum atomic E-state index is 14.5. The summed E-state index contributed by atoms with van der Waals surface area (Å²) in [7, 11) is 0. The summed E-state index contributed by atoms with van der Waals surface area (Å²) in [6.07, 6.45) is -1.17. The molecule has 4 rings (SSSR count). The summed E-state index contributed by atoms with van der Waals surface area (Å²) < 4.78 is 20.4. The third-order valence-corrected chi connectivity index (χ3v) is 5.08. The predicted octanol–water partition coefficient (Wildman–Crippen LogP) is 4.07. The topological polar surface area (TPSA) is 95.3 Å². The summed E-state index contributed by atoms with van der Waals surface area (Å²) in [5.74, 6) is -1.38. The second-order valence-electron chi connectivity index (χ2n) is 5.93. The molecule has 0 unspecified atom stereocenters. The van der Waals surface area contributed by atoms with Crippen LogP contribution in [0.2, 0.25) is 0 Å². The zero-order valence-corrected chi connectivity index (χ0v) is 20.1. The van der Waals surface area contributed by atoms with Crippen LogP contribution >= 0.6 is 11.3 Å². The summed E-state index contributed by atoms with van der Waals surface area (Å²) in [5.41, 5.74) is 8.17. The summed E-state index contributed by atoms with van der Waals surface area (Å²) in [6, 6.07) is 11.3. The molecule has 0 saturated carbocycles. The SMILES string of the molecule is [Ac].[NH-]C[C@H]1CN(c2ccc(C(=O)Nc3nc4ccccc4s3)c(F)c2)C(=O)O1. The minimum absolute atomic E-state index is 0. The Labute approximate surface area is 199 Å². The Morgan fingerprint density at radius 1 is 1.36 bits per heavy atom. The fourth-order valence-electron chi connectivity index (χ4n) is 2.78. The van der Waals surface area contributed by atoms with Gasteiger partial charge in [0.25, 0.3) is 5.91 Å². The van der Waals surface area contributed by atoms with Crippen molar-refractivity contribution < 1.29 is 62.8 Å². The number of carbonyl (C=O) groups excluding carboxylic acids is 2. The van der Waals surface area contributed by atoms with Crippen LogP contribution in [0.4, 0.5) is 20.0 Å². The van der Waals surface area contributed by atoms with Crippen molar-refractivity contribution in [2.24, 2.45) is 0 Å². The number of ether oxygens (including phenoxy) is 1. The maximum absolute atomic E-state index is 14.5. The number of fused-ring (bicyclic) bond motifs is 1. The van der Waals surface area contributed by atoms with Crippen LogP contribution in [0, 0.1) is 49.9 Å². The molecule has 0 bridgehead atoms. The Balaban J connectivity index is 0.00000225. The van der Waals surface area contributed by atoms with Crippen LogP contribution in [0.1, 0.15) is 10.4 Å². The van der Waals surface area contributed by atoms with Crippen molar-refractivity contribution >= 4 is 44.4 Å². The number of rotatable bonds is 4. The van der Waals surface area contributed by atoms with Crippen molar-refractivity contribution in [1.82, 2.24) is 4.98 Å². The molecule has 28 heavy (non-hydrogen) atoms. The Morgan fingerprint density at radius 3 is 2.82 bits per heavy atom. The molecule has 141 valence electrons. The normalized spacial score (nSPS) is 16.0. The smallest absolute Gasteiger partial charge is 0.414 e. The molecule has 2 amide bonds. The van der Waals surface area contributed by atoms with Crippen LogP contribution in [0.15, 0.2) is 42.5 Å². The summed E-state index contributed by atoms with van der Waals surface area (Å²) in [4.78, 5) is 29.7. The van der Waals surface area contributed by atoms with Gasteiger partial charge in [0.1, 0.15) is 11.9 Å². The molecule has 1 saturated heterocycles. The molecular formula is C18H14AcFN4O3S-. The molecule has 2 heterocycles. The van der Waals surface area contributed by atoms with Gasteiger partial charge in [0.15, 0.2) is 5.13 Å². The molecule has 0 aliphatic carbocycles. The van der Waals surface area contributed by atoms with Gasteiger partial charge in [-0.15, -0.1) is 6.54 Å². The monoisotopic (exact) mass is 612 g/mol.